The average molecular weight is 374 g/mol. The summed E-state index contributed by atoms with van der Waals surface area (Å²) in [6.45, 7) is 10.1. The molecule has 1 saturated heterocycles. The van der Waals surface area contributed by atoms with Crippen molar-refractivity contribution in [2.24, 2.45) is 0 Å². The molecule has 146 valence electrons. The molecule has 0 amide bonds. The van der Waals surface area contributed by atoms with E-state index in [0.717, 1.165) is 50.8 Å². The van der Waals surface area contributed by atoms with Crippen molar-refractivity contribution < 1.29 is 28.5 Å². The van der Waals surface area contributed by atoms with Gasteiger partial charge in [0.2, 0.25) is 0 Å². The van der Waals surface area contributed by atoms with Gasteiger partial charge in [0.1, 0.15) is 56.3 Å². The van der Waals surface area contributed by atoms with Crippen molar-refractivity contribution in [1.82, 2.24) is 0 Å². The molecule has 0 spiro atoms. The highest BCUT2D eigenvalue weighted by molar-refractivity contribution is 5.90. The molecule has 2 heterocycles. The topological polar surface area (TPSA) is 57.5 Å². The van der Waals surface area contributed by atoms with Gasteiger partial charge in [-0.3, -0.25) is 0 Å². The van der Waals surface area contributed by atoms with Crippen LogP contribution in [0.1, 0.15) is 33.0 Å². The first-order valence-corrected chi connectivity index (χ1v) is 9.48. The second kappa shape index (κ2) is 8.59. The number of aryl methyl sites for hydroxylation is 2. The van der Waals surface area contributed by atoms with E-state index in [-0.39, 0.29) is 5.97 Å². The lowest BCUT2D eigenvalue weighted by atomic mass is 10.1. The zero-order chi connectivity index (χ0) is 19.4. The van der Waals surface area contributed by atoms with Gasteiger partial charge in [-0.25, -0.2) is 4.79 Å². The Balaban J connectivity index is 1.55. The standard InChI is InChI=1S/C21H28N2O4/c1-15-5-6-20(25-3)17(11-15)13-22-7-9-23(10-8-22)14-18-12-19(16(2)27-18)21(24)26-4/h5-6,11-12H,7-10,13-14H2,1-4H3/p+2. The first-order chi connectivity index (χ1) is 13.0. The Labute approximate surface area is 160 Å². The van der Waals surface area contributed by atoms with E-state index >= 15 is 0 Å². The molecular weight excluding hydrogens is 344 g/mol. The molecular formula is C21H30N2O4+2. The zero-order valence-corrected chi connectivity index (χ0v) is 16.7. The number of ether oxygens (including phenoxy) is 2. The quantitative estimate of drug-likeness (QED) is 0.708. The molecule has 0 atom stereocenters. The van der Waals surface area contributed by atoms with E-state index in [0.29, 0.717) is 11.3 Å². The van der Waals surface area contributed by atoms with Gasteiger partial charge >= 0.3 is 5.97 Å². The summed E-state index contributed by atoms with van der Waals surface area (Å²) >= 11 is 0. The molecule has 6 heteroatoms. The molecule has 0 bridgehead atoms. The summed E-state index contributed by atoms with van der Waals surface area (Å²) < 4.78 is 16.1. The van der Waals surface area contributed by atoms with Gasteiger partial charge in [0.15, 0.2) is 5.76 Å². The van der Waals surface area contributed by atoms with Crippen molar-refractivity contribution in [3.8, 4) is 5.75 Å². The van der Waals surface area contributed by atoms with Gasteiger partial charge in [-0.1, -0.05) is 11.6 Å². The van der Waals surface area contributed by atoms with E-state index in [4.69, 9.17) is 13.9 Å². The number of hydrogen-bond acceptors (Lipinski definition) is 4. The van der Waals surface area contributed by atoms with Gasteiger partial charge < -0.3 is 23.7 Å². The Morgan fingerprint density at radius 1 is 1.04 bits per heavy atom. The predicted octanol–water partition coefficient (Wildman–Crippen LogP) is 0.175. The number of benzene rings is 1. The molecule has 1 fully saturated rings. The van der Waals surface area contributed by atoms with Crippen LogP contribution in [0.5, 0.6) is 5.75 Å². The molecule has 1 aliphatic rings. The van der Waals surface area contributed by atoms with Crippen LogP contribution in [0.3, 0.4) is 0 Å². The lowest BCUT2D eigenvalue weighted by molar-refractivity contribution is -1.02. The Morgan fingerprint density at radius 3 is 2.33 bits per heavy atom. The highest BCUT2D eigenvalue weighted by Gasteiger charge is 2.26. The number of furan rings is 1. The minimum atomic E-state index is -0.334. The molecule has 1 aliphatic heterocycles. The smallest absolute Gasteiger partial charge is 0.341 e. The second-order valence-corrected chi connectivity index (χ2v) is 7.34. The van der Waals surface area contributed by atoms with Crippen LogP contribution in [-0.2, 0) is 17.8 Å². The molecule has 0 aliphatic carbocycles. The van der Waals surface area contributed by atoms with Crippen molar-refractivity contribution >= 4 is 5.97 Å². The van der Waals surface area contributed by atoms with Crippen LogP contribution in [-0.4, -0.2) is 46.4 Å². The molecule has 1 aromatic carbocycles. The molecule has 0 saturated carbocycles. The van der Waals surface area contributed by atoms with Gasteiger partial charge in [-0.15, -0.1) is 0 Å². The normalized spacial score (nSPS) is 19.7. The lowest BCUT2D eigenvalue weighted by Gasteiger charge is -2.29. The molecule has 3 rings (SSSR count). The second-order valence-electron chi connectivity index (χ2n) is 7.34. The van der Waals surface area contributed by atoms with Gasteiger partial charge in [0.05, 0.1) is 14.2 Å². The summed E-state index contributed by atoms with van der Waals surface area (Å²) in [5.41, 5.74) is 3.08. The fraction of sp³-hybridized carbons (Fsp3) is 0.476. The van der Waals surface area contributed by atoms with E-state index in [2.05, 4.69) is 25.1 Å². The summed E-state index contributed by atoms with van der Waals surface area (Å²) in [6, 6.07) is 8.20. The van der Waals surface area contributed by atoms with E-state index < -0.39 is 0 Å². The van der Waals surface area contributed by atoms with Crippen molar-refractivity contribution in [3.63, 3.8) is 0 Å². The third kappa shape index (κ3) is 4.70. The van der Waals surface area contributed by atoms with Crippen molar-refractivity contribution in [2.75, 3.05) is 40.4 Å². The van der Waals surface area contributed by atoms with Crippen LogP contribution in [0, 0.1) is 13.8 Å². The maximum atomic E-state index is 11.7. The van der Waals surface area contributed by atoms with E-state index in [9.17, 15) is 4.79 Å². The first kappa shape index (κ1) is 19.5. The Morgan fingerprint density at radius 2 is 1.70 bits per heavy atom. The van der Waals surface area contributed by atoms with Gasteiger partial charge in [0.25, 0.3) is 0 Å². The van der Waals surface area contributed by atoms with Gasteiger partial charge in [0, 0.05) is 11.6 Å². The molecule has 2 N–H and O–H groups in total. The van der Waals surface area contributed by atoms with E-state index in [1.165, 1.54) is 23.1 Å². The number of carbonyl (C=O) groups excluding carboxylic acids is 1. The van der Waals surface area contributed by atoms with Crippen LogP contribution in [0.25, 0.3) is 0 Å². The molecule has 6 nitrogen and oxygen atoms in total. The number of nitrogens with one attached hydrogen (secondary N) is 2. The van der Waals surface area contributed by atoms with Gasteiger partial charge in [-0.2, -0.15) is 0 Å². The average Bonchev–Trinajstić information content (AvgIpc) is 3.03. The van der Waals surface area contributed by atoms with Crippen molar-refractivity contribution in [2.45, 2.75) is 26.9 Å². The highest BCUT2D eigenvalue weighted by atomic mass is 16.5. The van der Waals surface area contributed by atoms with Crippen LogP contribution in [0.15, 0.2) is 28.7 Å². The van der Waals surface area contributed by atoms with Crippen LogP contribution < -0.4 is 14.5 Å². The summed E-state index contributed by atoms with van der Waals surface area (Å²) in [6.07, 6.45) is 0. The highest BCUT2D eigenvalue weighted by Crippen LogP contribution is 2.18. The maximum absolute atomic E-state index is 11.7. The SMILES string of the molecule is COC(=O)c1cc(C[NH+]2CC[NH+](Cc3cc(C)ccc3OC)CC2)oc1C. The van der Waals surface area contributed by atoms with Crippen LogP contribution >= 0.6 is 0 Å². The largest absolute Gasteiger partial charge is 0.496 e. The third-order valence-corrected chi connectivity index (χ3v) is 5.34. The fourth-order valence-corrected chi connectivity index (χ4v) is 3.82. The van der Waals surface area contributed by atoms with Gasteiger partial charge in [-0.05, 0) is 26.0 Å². The Bertz CT molecular complexity index is 791. The lowest BCUT2D eigenvalue weighted by Crippen LogP contribution is -3.27. The Kier molecular flexibility index (Phi) is 6.19. The Hall–Kier alpha value is -2.31. The molecule has 1 aromatic heterocycles. The number of quaternary nitrogens is 2. The molecule has 0 unspecified atom stereocenters. The minimum Gasteiger partial charge on any atom is -0.496 e. The molecule has 0 radical (unpaired) electrons. The number of rotatable bonds is 6. The maximum Gasteiger partial charge on any atom is 0.341 e. The van der Waals surface area contributed by atoms with Crippen molar-refractivity contribution in [3.05, 3.63) is 52.5 Å². The summed E-state index contributed by atoms with van der Waals surface area (Å²) in [4.78, 5) is 14.8. The molecule has 27 heavy (non-hydrogen) atoms. The number of methoxy groups -OCH3 is 2. The summed E-state index contributed by atoms with van der Waals surface area (Å²) in [5, 5.41) is 0. The van der Waals surface area contributed by atoms with E-state index in [1.54, 1.807) is 12.0 Å². The molecule has 2 aromatic rings. The monoisotopic (exact) mass is 374 g/mol. The van der Waals surface area contributed by atoms with Crippen LogP contribution in [0.2, 0.25) is 0 Å². The predicted molar refractivity (Wildman–Crippen MR) is 101 cm³/mol. The summed E-state index contributed by atoms with van der Waals surface area (Å²) in [5.74, 6) is 2.13. The van der Waals surface area contributed by atoms with Crippen molar-refractivity contribution in [1.29, 1.82) is 0 Å². The summed E-state index contributed by atoms with van der Waals surface area (Å²) in [7, 11) is 3.13. The number of piperazine rings is 1. The number of esters is 1. The minimum absolute atomic E-state index is 0.334. The van der Waals surface area contributed by atoms with Crippen LogP contribution in [0.4, 0.5) is 0 Å². The first-order valence-electron chi connectivity index (χ1n) is 9.48. The fourth-order valence-electron chi connectivity index (χ4n) is 3.82. The van der Waals surface area contributed by atoms with E-state index in [1.807, 2.05) is 13.0 Å². The zero-order valence-electron chi connectivity index (χ0n) is 16.7. The number of hydrogen-bond donors (Lipinski definition) is 2. The number of carbonyl (C=O) groups is 1. The third-order valence-electron chi connectivity index (χ3n) is 5.34.